The van der Waals surface area contributed by atoms with Gasteiger partial charge >= 0.3 is 0 Å². The number of hydrogen-bond acceptors (Lipinski definition) is 3. The van der Waals surface area contributed by atoms with Gasteiger partial charge in [0, 0.05) is 48.0 Å². The molecule has 0 N–H and O–H groups in total. The Morgan fingerprint density at radius 2 is 1.16 bits per heavy atom. The lowest BCUT2D eigenvalue weighted by Gasteiger charge is -2.26. The summed E-state index contributed by atoms with van der Waals surface area (Å²) in [6, 6.07) is 45.5. The lowest BCUT2D eigenvalue weighted by molar-refractivity contribution is 0.669. The lowest BCUT2D eigenvalue weighted by atomic mass is 10.0. The Hall–Kier alpha value is -4.60. The molecule has 0 spiro atoms. The molecule has 0 amide bonds. The van der Waals surface area contributed by atoms with Crippen LogP contribution in [-0.2, 0) is 0 Å². The highest BCUT2D eigenvalue weighted by molar-refractivity contribution is 7.25. The molecule has 8 rings (SSSR count). The molecule has 0 bridgehead atoms. The molecule has 2 heterocycles. The fraction of sp³-hybridized carbons (Fsp3) is 0. The molecule has 8 aromatic rings. The number of rotatable bonds is 3. The van der Waals surface area contributed by atoms with Crippen molar-refractivity contribution in [2.75, 3.05) is 4.90 Å². The summed E-state index contributed by atoms with van der Waals surface area (Å²) in [5.41, 5.74) is 5.27. The van der Waals surface area contributed by atoms with Gasteiger partial charge in [0.15, 0.2) is 0 Å². The molecule has 0 atom stereocenters. The summed E-state index contributed by atoms with van der Waals surface area (Å²) in [6.07, 6.45) is 0. The third kappa shape index (κ3) is 3.25. The second-order valence-electron chi connectivity index (χ2n) is 9.43. The zero-order valence-electron chi connectivity index (χ0n) is 19.9. The van der Waals surface area contributed by atoms with Crippen LogP contribution in [0.25, 0.3) is 52.9 Å². The van der Waals surface area contributed by atoms with Gasteiger partial charge in [-0.3, -0.25) is 0 Å². The molecule has 2 nitrogen and oxygen atoms in total. The smallest absolute Gasteiger partial charge is 0.136 e. The minimum absolute atomic E-state index is 0.926. The van der Waals surface area contributed by atoms with E-state index in [2.05, 4.69) is 120 Å². The molecule has 0 aliphatic rings. The summed E-state index contributed by atoms with van der Waals surface area (Å²) < 4.78 is 8.75. The van der Waals surface area contributed by atoms with Crippen LogP contribution in [0.1, 0.15) is 0 Å². The Labute approximate surface area is 217 Å². The van der Waals surface area contributed by atoms with Crippen LogP contribution in [-0.4, -0.2) is 0 Å². The largest absolute Gasteiger partial charge is 0.456 e. The van der Waals surface area contributed by atoms with Crippen molar-refractivity contribution in [3.63, 3.8) is 0 Å². The predicted octanol–water partition coefficient (Wildman–Crippen LogP) is 10.6. The first-order chi connectivity index (χ1) is 18.3. The minimum Gasteiger partial charge on any atom is -0.456 e. The third-order valence-electron chi connectivity index (χ3n) is 7.21. The Morgan fingerprint density at radius 3 is 2.08 bits per heavy atom. The molecule has 2 aromatic heterocycles. The number of hydrogen-bond donors (Lipinski definition) is 0. The van der Waals surface area contributed by atoms with E-state index in [-0.39, 0.29) is 0 Å². The maximum Gasteiger partial charge on any atom is 0.136 e. The van der Waals surface area contributed by atoms with Crippen molar-refractivity contribution in [2.45, 2.75) is 0 Å². The maximum absolute atomic E-state index is 6.13. The van der Waals surface area contributed by atoms with E-state index in [4.69, 9.17) is 4.42 Å². The number of nitrogens with zero attached hydrogens (tertiary/aromatic N) is 1. The van der Waals surface area contributed by atoms with Crippen molar-refractivity contribution < 1.29 is 4.42 Å². The summed E-state index contributed by atoms with van der Waals surface area (Å²) in [4.78, 5) is 2.35. The van der Waals surface area contributed by atoms with E-state index in [0.717, 1.165) is 39.0 Å². The minimum atomic E-state index is 0.926. The van der Waals surface area contributed by atoms with Crippen LogP contribution >= 0.6 is 11.3 Å². The highest BCUT2D eigenvalue weighted by Gasteiger charge is 2.16. The zero-order valence-corrected chi connectivity index (χ0v) is 20.7. The standard InChI is InChI=1S/C34H21NOS/c1-2-8-24(9-3-1)35(26-16-17-29-28-11-5-7-13-33(28)37-34(29)21-26)25-15-14-22-20-32-30(19-23(22)18-25)27-10-4-6-12-31(27)36-32/h1-21H. The van der Waals surface area contributed by atoms with Crippen LogP contribution in [0, 0.1) is 0 Å². The van der Waals surface area contributed by atoms with Crippen LogP contribution in [0.4, 0.5) is 17.1 Å². The molecule has 6 aromatic carbocycles. The van der Waals surface area contributed by atoms with Gasteiger partial charge in [0.05, 0.1) is 0 Å². The van der Waals surface area contributed by atoms with Crippen LogP contribution in [0.3, 0.4) is 0 Å². The lowest BCUT2D eigenvalue weighted by Crippen LogP contribution is -2.09. The molecule has 0 fully saturated rings. The number of benzene rings is 6. The topological polar surface area (TPSA) is 16.4 Å². The Morgan fingerprint density at radius 1 is 0.432 bits per heavy atom. The second-order valence-corrected chi connectivity index (χ2v) is 10.5. The molecule has 37 heavy (non-hydrogen) atoms. The first-order valence-corrected chi connectivity index (χ1v) is 13.2. The van der Waals surface area contributed by atoms with Crippen molar-refractivity contribution in [3.8, 4) is 0 Å². The van der Waals surface area contributed by atoms with Crippen LogP contribution < -0.4 is 4.90 Å². The van der Waals surface area contributed by atoms with E-state index in [1.54, 1.807) is 0 Å². The van der Waals surface area contributed by atoms with Gasteiger partial charge in [-0.2, -0.15) is 0 Å². The van der Waals surface area contributed by atoms with Gasteiger partial charge in [-0.05, 0) is 71.4 Å². The van der Waals surface area contributed by atoms with Gasteiger partial charge in [0.2, 0.25) is 0 Å². The van der Waals surface area contributed by atoms with E-state index < -0.39 is 0 Å². The Kier molecular flexibility index (Phi) is 4.42. The molecule has 0 unspecified atom stereocenters. The molecule has 3 heteroatoms. The predicted molar refractivity (Wildman–Crippen MR) is 159 cm³/mol. The Balaban J connectivity index is 1.34. The zero-order chi connectivity index (χ0) is 24.3. The number of thiophene rings is 1. The molecular formula is C34H21NOS. The van der Waals surface area contributed by atoms with Gasteiger partial charge in [-0.1, -0.05) is 66.7 Å². The SMILES string of the molecule is c1ccc(N(c2ccc3cc4oc5ccccc5c4cc3c2)c2ccc3c(c2)sc2ccccc23)cc1. The van der Waals surface area contributed by atoms with E-state index in [9.17, 15) is 0 Å². The van der Waals surface area contributed by atoms with E-state index >= 15 is 0 Å². The van der Waals surface area contributed by atoms with Crippen molar-refractivity contribution in [1.29, 1.82) is 0 Å². The molecule has 0 saturated heterocycles. The Bertz CT molecular complexity index is 2100. The number of furan rings is 1. The molecule has 0 saturated carbocycles. The first-order valence-electron chi connectivity index (χ1n) is 12.4. The molecule has 0 aliphatic carbocycles. The van der Waals surface area contributed by atoms with Crippen LogP contribution in [0.5, 0.6) is 0 Å². The maximum atomic E-state index is 6.13. The van der Waals surface area contributed by atoms with Crippen molar-refractivity contribution >= 4 is 81.3 Å². The third-order valence-corrected chi connectivity index (χ3v) is 8.35. The normalized spacial score (nSPS) is 11.8. The average molecular weight is 492 g/mol. The average Bonchev–Trinajstić information content (AvgIpc) is 3.50. The molecule has 0 radical (unpaired) electrons. The highest BCUT2D eigenvalue weighted by Crippen LogP contribution is 2.41. The summed E-state index contributed by atoms with van der Waals surface area (Å²) in [5, 5.41) is 7.30. The molecule has 0 aliphatic heterocycles. The van der Waals surface area contributed by atoms with Gasteiger partial charge in [-0.15, -0.1) is 11.3 Å². The van der Waals surface area contributed by atoms with Gasteiger partial charge in [0.1, 0.15) is 11.2 Å². The van der Waals surface area contributed by atoms with Crippen molar-refractivity contribution in [2.24, 2.45) is 0 Å². The fourth-order valence-electron chi connectivity index (χ4n) is 5.47. The monoisotopic (exact) mass is 491 g/mol. The van der Waals surface area contributed by atoms with Crippen LogP contribution in [0.2, 0.25) is 0 Å². The summed E-state index contributed by atoms with van der Waals surface area (Å²) in [5.74, 6) is 0. The fourth-order valence-corrected chi connectivity index (χ4v) is 6.61. The van der Waals surface area contributed by atoms with Crippen LogP contribution in [0.15, 0.2) is 132 Å². The van der Waals surface area contributed by atoms with Gasteiger partial charge < -0.3 is 9.32 Å². The second kappa shape index (κ2) is 7.95. The number of para-hydroxylation sites is 2. The molecule has 174 valence electrons. The van der Waals surface area contributed by atoms with E-state index in [0.29, 0.717) is 0 Å². The number of fused-ring (bicyclic) bond motifs is 7. The summed E-state index contributed by atoms with van der Waals surface area (Å²) >= 11 is 1.85. The molecular weight excluding hydrogens is 470 g/mol. The van der Waals surface area contributed by atoms with Crippen molar-refractivity contribution in [3.05, 3.63) is 127 Å². The number of anilines is 3. The van der Waals surface area contributed by atoms with E-state index in [1.807, 2.05) is 23.5 Å². The summed E-state index contributed by atoms with van der Waals surface area (Å²) in [7, 11) is 0. The van der Waals surface area contributed by atoms with E-state index in [1.165, 1.54) is 30.9 Å². The van der Waals surface area contributed by atoms with Gasteiger partial charge in [-0.25, -0.2) is 0 Å². The van der Waals surface area contributed by atoms with Gasteiger partial charge in [0.25, 0.3) is 0 Å². The summed E-state index contributed by atoms with van der Waals surface area (Å²) in [6.45, 7) is 0. The highest BCUT2D eigenvalue weighted by atomic mass is 32.1. The van der Waals surface area contributed by atoms with Crippen molar-refractivity contribution in [1.82, 2.24) is 0 Å². The first kappa shape index (κ1) is 20.6. The quantitative estimate of drug-likeness (QED) is 0.244.